The topological polar surface area (TPSA) is 21.8 Å². The van der Waals surface area contributed by atoms with Crippen molar-refractivity contribution in [1.29, 1.82) is 0 Å². The molecule has 0 saturated heterocycles. The van der Waals surface area contributed by atoms with Gasteiger partial charge in [0.1, 0.15) is 0 Å². The minimum absolute atomic E-state index is 1.11. The number of rotatable bonds is 12. The molecule has 0 saturated carbocycles. The van der Waals surface area contributed by atoms with Gasteiger partial charge in [0.2, 0.25) is 0 Å². The van der Waals surface area contributed by atoms with E-state index < -0.39 is 0 Å². The van der Waals surface area contributed by atoms with Gasteiger partial charge in [0.25, 0.3) is 0 Å². The summed E-state index contributed by atoms with van der Waals surface area (Å²) in [5.74, 6) is 0. The van der Waals surface area contributed by atoms with Gasteiger partial charge in [-0.3, -0.25) is 0 Å². The van der Waals surface area contributed by atoms with E-state index in [4.69, 9.17) is 0 Å². The summed E-state index contributed by atoms with van der Waals surface area (Å²) in [5.41, 5.74) is 30.5. The van der Waals surface area contributed by atoms with Crippen molar-refractivity contribution in [3.05, 3.63) is 311 Å². The number of anilines is 12. The van der Waals surface area contributed by atoms with Crippen LogP contribution in [0.2, 0.25) is 0 Å². The largest absolute Gasteiger partial charge is 0.310 e. The fraction of sp³-hybridized carbons (Fsp3) is 0.0930. The zero-order chi connectivity index (χ0) is 62.2. The number of benzene rings is 13. The van der Waals surface area contributed by atoms with Crippen LogP contribution in [0.15, 0.2) is 267 Å². The van der Waals surface area contributed by atoms with Crippen molar-refractivity contribution in [3.8, 4) is 0 Å². The van der Waals surface area contributed by atoms with E-state index in [1.54, 1.807) is 0 Å². The highest BCUT2D eigenvalue weighted by atomic mass is 15.2. The first-order chi connectivity index (χ1) is 45.0. The molecule has 17 aromatic rings. The Kier molecular flexibility index (Phi) is 12.6. The zero-order valence-electron chi connectivity index (χ0n) is 53.1. The van der Waals surface area contributed by atoms with Crippen LogP contribution < -0.4 is 19.6 Å². The van der Waals surface area contributed by atoms with E-state index >= 15 is 0 Å². The third-order valence-electron chi connectivity index (χ3n) is 19.6. The normalized spacial score (nSPS) is 11.9. The second-order valence-electron chi connectivity index (χ2n) is 25.4. The van der Waals surface area contributed by atoms with Crippen molar-refractivity contribution >= 4 is 144 Å². The Labute approximate surface area is 536 Å². The molecule has 0 fully saturated rings. The molecule has 13 aromatic carbocycles. The number of nitrogens with zero attached hydrogens (tertiary/aromatic N) is 6. The summed E-state index contributed by atoms with van der Waals surface area (Å²) in [4.78, 5) is 9.90. The molecule has 17 rings (SSSR count). The molecule has 6 nitrogen and oxygen atoms in total. The van der Waals surface area contributed by atoms with Gasteiger partial charge in [0.15, 0.2) is 0 Å². The lowest BCUT2D eigenvalue weighted by molar-refractivity contribution is 1.22. The summed E-state index contributed by atoms with van der Waals surface area (Å²) in [7, 11) is 0. The third-order valence-corrected chi connectivity index (χ3v) is 19.6. The van der Waals surface area contributed by atoms with Crippen molar-refractivity contribution in [2.24, 2.45) is 0 Å². The highest BCUT2D eigenvalue weighted by Gasteiger charge is 2.29. The average Bonchev–Trinajstić information content (AvgIpc) is 1.52. The zero-order valence-corrected chi connectivity index (χ0v) is 53.1. The van der Waals surface area contributed by atoms with E-state index in [0.29, 0.717) is 0 Å². The molecule has 0 spiro atoms. The van der Waals surface area contributed by atoms with Crippen LogP contribution in [0, 0.1) is 55.4 Å². The van der Waals surface area contributed by atoms with Crippen molar-refractivity contribution in [3.63, 3.8) is 0 Å². The van der Waals surface area contributed by atoms with Crippen LogP contribution in [-0.4, -0.2) is 8.80 Å². The van der Waals surface area contributed by atoms with Crippen molar-refractivity contribution in [1.82, 2.24) is 8.80 Å². The van der Waals surface area contributed by atoms with Gasteiger partial charge in [-0.1, -0.05) is 146 Å². The van der Waals surface area contributed by atoms with E-state index in [0.717, 1.165) is 45.5 Å². The van der Waals surface area contributed by atoms with Gasteiger partial charge in [-0.25, -0.2) is 0 Å². The fourth-order valence-electron chi connectivity index (χ4n) is 15.6. The van der Waals surface area contributed by atoms with E-state index in [1.807, 2.05) is 0 Å². The van der Waals surface area contributed by atoms with Crippen LogP contribution in [-0.2, 0) is 0 Å². The molecule has 0 bridgehead atoms. The maximum Gasteiger partial charge on any atom is 0.0622 e. The predicted molar refractivity (Wildman–Crippen MR) is 392 cm³/mol. The molecule has 0 aliphatic rings. The number of hydrogen-bond donors (Lipinski definition) is 0. The summed E-state index contributed by atoms with van der Waals surface area (Å²) in [6, 6.07) is 99.5. The summed E-state index contributed by atoms with van der Waals surface area (Å²) in [5, 5.41) is 9.65. The van der Waals surface area contributed by atoms with E-state index in [-0.39, 0.29) is 0 Å². The van der Waals surface area contributed by atoms with Gasteiger partial charge < -0.3 is 28.4 Å². The number of aryl methyl sites for hydroxylation is 8. The van der Waals surface area contributed by atoms with Gasteiger partial charge >= 0.3 is 0 Å². The van der Waals surface area contributed by atoms with Gasteiger partial charge in [-0.2, -0.15) is 0 Å². The lowest BCUT2D eigenvalue weighted by Gasteiger charge is -2.29. The Morgan fingerprint density at radius 3 is 0.696 bits per heavy atom. The Bertz CT molecular complexity index is 5310. The summed E-state index contributed by atoms with van der Waals surface area (Å²) < 4.78 is 5.16. The number of fused-ring (bicyclic) bond motifs is 12. The molecule has 92 heavy (non-hydrogen) atoms. The molecule has 0 radical (unpaired) electrons. The SMILES string of the molecule is Cc1cccc(C)c1N(c1ccccc1)c1ccc2c(c1)c1cc(N(c3ccccc3)c3c(C)cccc3C)cc3c4cc5c6cc(N(c7ccccc7)c7c(C)cccc7C)cc7c8cc(N(c9ccccc9)c9c(C)cccc9C)ccc8n(c5cc4n2c13)c76. The first-order valence-corrected chi connectivity index (χ1v) is 32.1. The lowest BCUT2D eigenvalue weighted by Crippen LogP contribution is -2.13. The van der Waals surface area contributed by atoms with E-state index in [1.165, 1.54) is 143 Å². The van der Waals surface area contributed by atoms with Gasteiger partial charge in [-0.15, -0.1) is 0 Å². The summed E-state index contributed by atoms with van der Waals surface area (Å²) in [6.07, 6.45) is 0. The predicted octanol–water partition coefficient (Wildman–Crippen LogP) is 24.3. The van der Waals surface area contributed by atoms with Crippen LogP contribution in [0.25, 0.3) is 76.2 Å². The maximum absolute atomic E-state index is 2.58. The molecular formula is C86H68N6. The molecule has 4 heterocycles. The molecule has 0 amide bonds. The van der Waals surface area contributed by atoms with Crippen molar-refractivity contribution < 1.29 is 0 Å². The number of hydrogen-bond acceptors (Lipinski definition) is 4. The third kappa shape index (κ3) is 8.33. The minimum Gasteiger partial charge on any atom is -0.310 e. The molecule has 6 heteroatoms. The molecule has 442 valence electrons. The number of para-hydroxylation sites is 8. The summed E-state index contributed by atoms with van der Waals surface area (Å²) >= 11 is 0. The minimum atomic E-state index is 1.11. The molecule has 0 atom stereocenters. The Hall–Kier alpha value is -11.3. The first kappa shape index (κ1) is 54.8. The second-order valence-corrected chi connectivity index (χ2v) is 25.4. The molecule has 0 N–H and O–H groups in total. The quantitative estimate of drug-likeness (QED) is 0.122. The highest BCUT2D eigenvalue weighted by Crippen LogP contribution is 2.52. The van der Waals surface area contributed by atoms with Gasteiger partial charge in [-0.05, 0) is 221 Å². The summed E-state index contributed by atoms with van der Waals surface area (Å²) in [6.45, 7) is 17.9. The lowest BCUT2D eigenvalue weighted by atomic mass is 10.0. The smallest absolute Gasteiger partial charge is 0.0622 e. The molecule has 4 aromatic heterocycles. The fourth-order valence-corrected chi connectivity index (χ4v) is 15.6. The van der Waals surface area contributed by atoms with E-state index in [2.05, 4.69) is 351 Å². The highest BCUT2D eigenvalue weighted by molar-refractivity contribution is 6.30. The Balaban J connectivity index is 1.01. The maximum atomic E-state index is 2.58. The van der Waals surface area contributed by atoms with Crippen LogP contribution in [0.3, 0.4) is 0 Å². The van der Waals surface area contributed by atoms with Crippen LogP contribution in [0.5, 0.6) is 0 Å². The van der Waals surface area contributed by atoms with Crippen molar-refractivity contribution in [2.45, 2.75) is 55.4 Å². The monoisotopic (exact) mass is 1180 g/mol. The van der Waals surface area contributed by atoms with E-state index in [9.17, 15) is 0 Å². The Morgan fingerprint density at radius 1 is 0.185 bits per heavy atom. The molecule has 0 aliphatic carbocycles. The molecule has 0 aliphatic heterocycles. The molecule has 0 unspecified atom stereocenters. The van der Waals surface area contributed by atoms with Crippen LogP contribution in [0.4, 0.5) is 68.2 Å². The van der Waals surface area contributed by atoms with Gasteiger partial charge in [0, 0.05) is 88.6 Å². The number of aromatic nitrogens is 2. The first-order valence-electron chi connectivity index (χ1n) is 32.1. The standard InChI is InChI=1S/C86H68N6/c1-53-25-21-26-54(2)81(53)87(61-33-13-9-14-34-61)65-41-43-77-69(45-65)73-47-67(89(63-37-17-11-18-38-63)83-57(5)29-23-30-58(83)6)49-75-71-51-72-76-50-68(90(64-39-19-12-20-40-64)84-59(7)31-24-32-60(84)8)48-74-70-46-66(88(62-35-15-10-16-36-62)82-55(3)27-22-28-56(82)4)42-44-78(70)92(86(74)76)80(72)52-79(71)91(77)85(73)75/h9-52H,1-8H3. The van der Waals surface area contributed by atoms with Gasteiger partial charge in [0.05, 0.1) is 55.8 Å². The van der Waals surface area contributed by atoms with Crippen LogP contribution in [0.1, 0.15) is 44.5 Å². The Morgan fingerprint density at radius 2 is 0.424 bits per heavy atom. The van der Waals surface area contributed by atoms with Crippen LogP contribution >= 0.6 is 0 Å². The molecular weight excluding hydrogens is 1120 g/mol. The average molecular weight is 1190 g/mol. The van der Waals surface area contributed by atoms with Crippen molar-refractivity contribution in [2.75, 3.05) is 19.6 Å². The second kappa shape index (κ2) is 21.1.